The summed E-state index contributed by atoms with van der Waals surface area (Å²) in [6.07, 6.45) is 1.19. The van der Waals surface area contributed by atoms with Crippen molar-refractivity contribution in [2.75, 3.05) is 36.5 Å². The summed E-state index contributed by atoms with van der Waals surface area (Å²) in [7, 11) is 2.03. The number of rotatable bonds is 4. The van der Waals surface area contributed by atoms with Crippen molar-refractivity contribution in [3.63, 3.8) is 0 Å². The molecule has 2 aromatic rings. The Balaban J connectivity index is 1.59. The highest BCUT2D eigenvalue weighted by molar-refractivity contribution is 5.47. The summed E-state index contributed by atoms with van der Waals surface area (Å²) in [5.41, 5.74) is 1.20. The Labute approximate surface area is 138 Å². The van der Waals surface area contributed by atoms with Crippen LogP contribution in [0.25, 0.3) is 0 Å². The van der Waals surface area contributed by atoms with Gasteiger partial charge in [0.25, 0.3) is 0 Å². The van der Waals surface area contributed by atoms with Crippen LogP contribution < -0.4 is 9.80 Å². The van der Waals surface area contributed by atoms with E-state index in [-0.39, 0.29) is 5.41 Å². The van der Waals surface area contributed by atoms with Crippen molar-refractivity contribution in [2.24, 2.45) is 5.92 Å². The minimum absolute atomic E-state index is 0.108. The maximum Gasteiger partial charge on any atom is 0.317 e. The molecule has 1 saturated heterocycles. The molecule has 5 nitrogen and oxygen atoms in total. The third kappa shape index (κ3) is 3.66. The average molecular weight is 314 g/mol. The zero-order chi connectivity index (χ0) is 16.4. The molecule has 23 heavy (non-hydrogen) atoms. The van der Waals surface area contributed by atoms with Gasteiger partial charge >= 0.3 is 6.01 Å². The fourth-order valence-electron chi connectivity index (χ4n) is 2.99. The molecule has 1 atom stereocenters. The van der Waals surface area contributed by atoms with Crippen molar-refractivity contribution in [3.8, 4) is 0 Å². The first-order valence-electron chi connectivity index (χ1n) is 8.28. The first-order valence-corrected chi connectivity index (χ1v) is 8.28. The molecule has 0 unspecified atom stereocenters. The third-order valence-electron chi connectivity index (χ3n) is 4.32. The molecule has 124 valence electrons. The predicted octanol–water partition coefficient (Wildman–Crippen LogP) is 3.33. The van der Waals surface area contributed by atoms with Crippen LogP contribution >= 0.6 is 0 Å². The van der Waals surface area contributed by atoms with E-state index in [1.807, 2.05) is 7.05 Å². The van der Waals surface area contributed by atoms with Crippen LogP contribution in [0.15, 0.2) is 34.7 Å². The van der Waals surface area contributed by atoms with Gasteiger partial charge in [0.05, 0.1) is 0 Å². The number of aromatic nitrogens is 2. The first-order chi connectivity index (χ1) is 10.9. The molecule has 0 amide bonds. The fraction of sp³-hybridized carbons (Fsp3) is 0.556. The molecule has 0 aliphatic carbocycles. The van der Waals surface area contributed by atoms with E-state index in [9.17, 15) is 0 Å². The molecule has 1 aliphatic rings. The Morgan fingerprint density at radius 1 is 1.22 bits per heavy atom. The smallest absolute Gasteiger partial charge is 0.317 e. The van der Waals surface area contributed by atoms with Gasteiger partial charge < -0.3 is 14.2 Å². The zero-order valence-corrected chi connectivity index (χ0v) is 14.5. The minimum Gasteiger partial charge on any atom is -0.407 e. The molecule has 1 aromatic carbocycles. The van der Waals surface area contributed by atoms with Crippen molar-refractivity contribution >= 4 is 11.7 Å². The van der Waals surface area contributed by atoms with Crippen LogP contribution in [0.4, 0.5) is 11.7 Å². The lowest BCUT2D eigenvalue weighted by Gasteiger charge is -2.21. The Morgan fingerprint density at radius 3 is 2.61 bits per heavy atom. The lowest BCUT2D eigenvalue weighted by Crippen LogP contribution is -2.28. The molecule has 1 aromatic heterocycles. The first kappa shape index (κ1) is 15.8. The Bertz CT molecular complexity index is 632. The summed E-state index contributed by atoms with van der Waals surface area (Å²) in [6, 6.07) is 11.2. The number of anilines is 2. The molecular weight excluding hydrogens is 288 g/mol. The van der Waals surface area contributed by atoms with Crippen molar-refractivity contribution < 1.29 is 4.42 Å². The number of nitrogens with zero attached hydrogens (tertiary/aromatic N) is 4. The van der Waals surface area contributed by atoms with E-state index in [1.165, 1.54) is 12.1 Å². The summed E-state index contributed by atoms with van der Waals surface area (Å²) in [4.78, 5) is 4.54. The monoisotopic (exact) mass is 314 g/mol. The Hall–Kier alpha value is -2.04. The average Bonchev–Trinajstić information content (AvgIpc) is 3.17. The zero-order valence-electron chi connectivity index (χ0n) is 14.5. The van der Waals surface area contributed by atoms with E-state index >= 15 is 0 Å². The largest absolute Gasteiger partial charge is 0.407 e. The second-order valence-electron chi connectivity index (χ2n) is 7.46. The number of hydrogen-bond donors (Lipinski definition) is 0. The summed E-state index contributed by atoms with van der Waals surface area (Å²) in [6.45, 7) is 9.38. The number of para-hydroxylation sites is 1. The summed E-state index contributed by atoms with van der Waals surface area (Å²) >= 11 is 0. The van der Waals surface area contributed by atoms with E-state index in [0.29, 0.717) is 17.8 Å². The van der Waals surface area contributed by atoms with Crippen LogP contribution in [0.5, 0.6) is 0 Å². The molecule has 3 rings (SSSR count). The quantitative estimate of drug-likeness (QED) is 0.866. The topological polar surface area (TPSA) is 45.4 Å². The highest BCUT2D eigenvalue weighted by Gasteiger charge is 2.26. The normalized spacial score (nSPS) is 18.4. The van der Waals surface area contributed by atoms with Gasteiger partial charge in [-0.2, -0.15) is 0 Å². The Morgan fingerprint density at radius 2 is 1.96 bits per heavy atom. The maximum atomic E-state index is 5.82. The van der Waals surface area contributed by atoms with Crippen molar-refractivity contribution in [3.05, 3.63) is 36.2 Å². The van der Waals surface area contributed by atoms with Gasteiger partial charge in [0, 0.05) is 37.8 Å². The SMILES string of the molecule is CN(C[C@@H]1CCN(c2ccccc2)C1)c1nnc(C(C)(C)C)o1. The summed E-state index contributed by atoms with van der Waals surface area (Å²) in [5, 5.41) is 8.37. The molecule has 5 heteroatoms. The predicted molar refractivity (Wildman–Crippen MR) is 93.0 cm³/mol. The second-order valence-corrected chi connectivity index (χ2v) is 7.46. The van der Waals surface area contributed by atoms with Gasteiger partial charge in [-0.3, -0.25) is 0 Å². The molecule has 0 spiro atoms. The van der Waals surface area contributed by atoms with Gasteiger partial charge in [-0.15, -0.1) is 5.10 Å². The lowest BCUT2D eigenvalue weighted by molar-refractivity contribution is 0.390. The van der Waals surface area contributed by atoms with Gasteiger partial charge in [0.2, 0.25) is 5.89 Å². The highest BCUT2D eigenvalue weighted by Crippen LogP contribution is 2.26. The maximum absolute atomic E-state index is 5.82. The Kier molecular flexibility index (Phi) is 4.28. The molecule has 1 fully saturated rings. The van der Waals surface area contributed by atoms with Gasteiger partial charge in [0.15, 0.2) is 0 Å². The third-order valence-corrected chi connectivity index (χ3v) is 4.32. The van der Waals surface area contributed by atoms with Crippen LogP contribution in [0.1, 0.15) is 33.1 Å². The summed E-state index contributed by atoms with van der Waals surface area (Å²) in [5.74, 6) is 1.31. The van der Waals surface area contributed by atoms with Crippen LogP contribution in [-0.4, -0.2) is 36.9 Å². The van der Waals surface area contributed by atoms with Crippen molar-refractivity contribution in [1.29, 1.82) is 0 Å². The van der Waals surface area contributed by atoms with Gasteiger partial charge in [0.1, 0.15) is 0 Å². The second kappa shape index (κ2) is 6.22. The molecular formula is C18H26N4O. The van der Waals surface area contributed by atoms with E-state index in [2.05, 4.69) is 71.1 Å². The van der Waals surface area contributed by atoms with E-state index in [4.69, 9.17) is 4.42 Å². The van der Waals surface area contributed by atoms with Crippen molar-refractivity contribution in [2.45, 2.75) is 32.6 Å². The van der Waals surface area contributed by atoms with Crippen LogP contribution in [0, 0.1) is 5.92 Å². The van der Waals surface area contributed by atoms with E-state index in [1.54, 1.807) is 0 Å². The van der Waals surface area contributed by atoms with Crippen LogP contribution in [0.2, 0.25) is 0 Å². The summed E-state index contributed by atoms with van der Waals surface area (Å²) < 4.78 is 5.82. The minimum atomic E-state index is -0.108. The molecule has 0 radical (unpaired) electrons. The van der Waals surface area contributed by atoms with Crippen molar-refractivity contribution in [1.82, 2.24) is 10.2 Å². The van der Waals surface area contributed by atoms with Gasteiger partial charge in [-0.05, 0) is 24.5 Å². The lowest BCUT2D eigenvalue weighted by atomic mass is 9.97. The molecule has 0 N–H and O–H groups in total. The number of benzene rings is 1. The standard InChI is InChI=1S/C18H26N4O/c1-18(2,3)16-19-20-17(23-16)21(4)12-14-10-11-22(13-14)15-8-6-5-7-9-15/h5-9,14H,10-13H2,1-4H3/t14-/m0/s1. The van der Waals surface area contributed by atoms with Gasteiger partial charge in [-0.1, -0.05) is 44.1 Å². The highest BCUT2D eigenvalue weighted by atomic mass is 16.4. The van der Waals surface area contributed by atoms with Gasteiger partial charge in [-0.25, -0.2) is 0 Å². The molecule has 2 heterocycles. The van der Waals surface area contributed by atoms with E-state index in [0.717, 1.165) is 19.6 Å². The molecule has 1 aliphatic heterocycles. The molecule has 0 saturated carbocycles. The number of hydrogen-bond acceptors (Lipinski definition) is 5. The van der Waals surface area contributed by atoms with Crippen LogP contribution in [0.3, 0.4) is 0 Å². The fourth-order valence-corrected chi connectivity index (χ4v) is 2.99. The molecule has 0 bridgehead atoms. The van der Waals surface area contributed by atoms with E-state index < -0.39 is 0 Å². The van der Waals surface area contributed by atoms with Crippen LogP contribution in [-0.2, 0) is 5.41 Å².